The highest BCUT2D eigenvalue weighted by molar-refractivity contribution is 7.08. The van der Waals surface area contributed by atoms with Gasteiger partial charge in [-0.2, -0.15) is 11.3 Å². The van der Waals surface area contributed by atoms with Crippen LogP contribution in [0.3, 0.4) is 0 Å². The zero-order valence-corrected chi connectivity index (χ0v) is 12.1. The van der Waals surface area contributed by atoms with Crippen LogP contribution >= 0.6 is 11.3 Å². The van der Waals surface area contributed by atoms with Crippen molar-refractivity contribution in [2.45, 2.75) is 12.8 Å². The summed E-state index contributed by atoms with van der Waals surface area (Å²) in [6.07, 6.45) is 1.12. The molecule has 1 amide bonds. The number of thiophene rings is 1. The van der Waals surface area contributed by atoms with Crippen LogP contribution in [0.5, 0.6) is 0 Å². The van der Waals surface area contributed by atoms with Gasteiger partial charge in [-0.15, -0.1) is 0 Å². The number of aryl methyl sites for hydroxylation is 1. The van der Waals surface area contributed by atoms with Gasteiger partial charge in [0.1, 0.15) is 5.69 Å². The van der Waals surface area contributed by atoms with Gasteiger partial charge in [-0.3, -0.25) is 10.1 Å². The lowest BCUT2D eigenvalue weighted by atomic mass is 10.1. The molecule has 0 aliphatic rings. The average molecular weight is 298 g/mol. The summed E-state index contributed by atoms with van der Waals surface area (Å²) in [5.41, 5.74) is 2.87. The van der Waals surface area contributed by atoms with E-state index in [9.17, 15) is 4.79 Å². The van der Waals surface area contributed by atoms with E-state index < -0.39 is 0 Å². The molecule has 0 saturated carbocycles. The Labute approximate surface area is 126 Å². The standard InChI is InChI=1S/C16H14N2O2S/c19-15(7-6-12-4-2-1-3-5-12)17-16-10-14(18-20-16)13-8-9-21-11-13/h1-5,8-11H,6-7H2,(H,17,19). The SMILES string of the molecule is O=C(CCc1ccccc1)Nc1cc(-c2ccsc2)no1. The Balaban J connectivity index is 1.55. The first-order valence-corrected chi connectivity index (χ1v) is 7.58. The highest BCUT2D eigenvalue weighted by Crippen LogP contribution is 2.23. The van der Waals surface area contributed by atoms with Gasteiger partial charge in [0.15, 0.2) is 0 Å². The number of hydrogen-bond donors (Lipinski definition) is 1. The minimum Gasteiger partial charge on any atom is -0.338 e. The number of anilines is 1. The third kappa shape index (κ3) is 3.58. The van der Waals surface area contributed by atoms with E-state index in [1.807, 2.05) is 47.2 Å². The van der Waals surface area contributed by atoms with Crippen LogP contribution in [0.15, 0.2) is 57.7 Å². The van der Waals surface area contributed by atoms with Crippen molar-refractivity contribution in [3.8, 4) is 11.3 Å². The quantitative estimate of drug-likeness (QED) is 0.775. The Morgan fingerprint density at radius 1 is 1.24 bits per heavy atom. The zero-order valence-electron chi connectivity index (χ0n) is 11.3. The Bertz CT molecular complexity index is 705. The van der Waals surface area contributed by atoms with Gasteiger partial charge in [0.25, 0.3) is 0 Å². The molecule has 4 nitrogen and oxygen atoms in total. The van der Waals surface area contributed by atoms with Crippen LogP contribution in [-0.2, 0) is 11.2 Å². The Morgan fingerprint density at radius 3 is 2.86 bits per heavy atom. The van der Waals surface area contributed by atoms with E-state index in [1.54, 1.807) is 17.4 Å². The van der Waals surface area contributed by atoms with Crippen molar-refractivity contribution in [1.29, 1.82) is 0 Å². The monoisotopic (exact) mass is 298 g/mol. The second-order valence-corrected chi connectivity index (χ2v) is 5.40. The number of carbonyl (C=O) groups excluding carboxylic acids is 1. The van der Waals surface area contributed by atoms with Gasteiger partial charge in [0, 0.05) is 23.4 Å². The third-order valence-electron chi connectivity index (χ3n) is 3.07. The van der Waals surface area contributed by atoms with Gasteiger partial charge >= 0.3 is 0 Å². The fourth-order valence-electron chi connectivity index (χ4n) is 1.98. The largest absolute Gasteiger partial charge is 0.338 e. The fraction of sp³-hybridized carbons (Fsp3) is 0.125. The number of amides is 1. The third-order valence-corrected chi connectivity index (χ3v) is 3.76. The van der Waals surface area contributed by atoms with E-state index in [4.69, 9.17) is 4.52 Å². The molecule has 0 radical (unpaired) electrons. The van der Waals surface area contributed by atoms with Gasteiger partial charge in [-0.05, 0) is 23.4 Å². The number of nitrogens with zero attached hydrogens (tertiary/aromatic N) is 1. The molecule has 2 aromatic heterocycles. The van der Waals surface area contributed by atoms with Crippen molar-refractivity contribution < 1.29 is 9.32 Å². The summed E-state index contributed by atoms with van der Waals surface area (Å²) >= 11 is 1.59. The number of benzene rings is 1. The van der Waals surface area contributed by atoms with Crippen LogP contribution in [0, 0.1) is 0 Å². The molecule has 5 heteroatoms. The molecule has 1 aromatic carbocycles. The summed E-state index contributed by atoms with van der Waals surface area (Å²) in [6, 6.07) is 13.6. The lowest BCUT2D eigenvalue weighted by molar-refractivity contribution is -0.116. The molecule has 0 saturated heterocycles. The van der Waals surface area contributed by atoms with Crippen molar-refractivity contribution >= 4 is 23.1 Å². The molecule has 21 heavy (non-hydrogen) atoms. The molecule has 0 spiro atoms. The Hall–Kier alpha value is -2.40. The van der Waals surface area contributed by atoms with E-state index >= 15 is 0 Å². The molecule has 0 aliphatic carbocycles. The van der Waals surface area contributed by atoms with Crippen LogP contribution in [-0.4, -0.2) is 11.1 Å². The smallest absolute Gasteiger partial charge is 0.231 e. The van der Waals surface area contributed by atoms with Crippen LogP contribution in [0.2, 0.25) is 0 Å². The summed E-state index contributed by atoms with van der Waals surface area (Å²) in [4.78, 5) is 11.9. The van der Waals surface area contributed by atoms with Crippen molar-refractivity contribution in [3.63, 3.8) is 0 Å². The zero-order chi connectivity index (χ0) is 14.5. The first-order chi connectivity index (χ1) is 10.3. The summed E-state index contributed by atoms with van der Waals surface area (Å²) < 4.78 is 5.13. The van der Waals surface area contributed by atoms with Crippen molar-refractivity contribution in [2.75, 3.05) is 5.32 Å². The highest BCUT2D eigenvalue weighted by atomic mass is 32.1. The van der Waals surface area contributed by atoms with Gasteiger partial charge in [0.05, 0.1) is 0 Å². The summed E-state index contributed by atoms with van der Waals surface area (Å²) in [5, 5.41) is 10.6. The molecule has 2 heterocycles. The van der Waals surface area contributed by atoms with Gasteiger partial charge in [0.2, 0.25) is 11.8 Å². The maximum absolute atomic E-state index is 11.9. The highest BCUT2D eigenvalue weighted by Gasteiger charge is 2.10. The second kappa shape index (κ2) is 6.37. The van der Waals surface area contributed by atoms with E-state index in [1.165, 1.54) is 0 Å². The first-order valence-electron chi connectivity index (χ1n) is 6.64. The number of carbonyl (C=O) groups is 1. The predicted octanol–water partition coefficient (Wildman–Crippen LogP) is 3.97. The number of rotatable bonds is 5. The Kier molecular flexibility index (Phi) is 4.12. The molecule has 3 aromatic rings. The fourth-order valence-corrected chi connectivity index (χ4v) is 2.63. The predicted molar refractivity (Wildman–Crippen MR) is 83.2 cm³/mol. The van der Waals surface area contributed by atoms with E-state index in [0.29, 0.717) is 18.7 Å². The number of aromatic nitrogens is 1. The van der Waals surface area contributed by atoms with E-state index in [-0.39, 0.29) is 5.91 Å². The van der Waals surface area contributed by atoms with Gasteiger partial charge in [-0.25, -0.2) is 0 Å². The molecular weight excluding hydrogens is 284 g/mol. The van der Waals surface area contributed by atoms with E-state index in [0.717, 1.165) is 16.8 Å². The summed E-state index contributed by atoms with van der Waals surface area (Å²) in [7, 11) is 0. The molecule has 106 valence electrons. The van der Waals surface area contributed by atoms with Crippen molar-refractivity contribution in [3.05, 3.63) is 58.8 Å². The van der Waals surface area contributed by atoms with Gasteiger partial charge in [-0.1, -0.05) is 35.5 Å². The lowest BCUT2D eigenvalue weighted by Gasteiger charge is -2.01. The van der Waals surface area contributed by atoms with Crippen LogP contribution in [0.4, 0.5) is 5.88 Å². The van der Waals surface area contributed by atoms with Crippen molar-refractivity contribution in [2.24, 2.45) is 0 Å². The maximum atomic E-state index is 11.9. The molecule has 0 bridgehead atoms. The van der Waals surface area contributed by atoms with Crippen LogP contribution in [0.25, 0.3) is 11.3 Å². The average Bonchev–Trinajstić information content (AvgIpc) is 3.17. The maximum Gasteiger partial charge on any atom is 0.231 e. The summed E-state index contributed by atoms with van der Waals surface area (Å²) in [6.45, 7) is 0. The van der Waals surface area contributed by atoms with Gasteiger partial charge < -0.3 is 4.52 Å². The molecule has 0 atom stereocenters. The molecule has 0 unspecified atom stereocenters. The first kappa shape index (κ1) is 13.6. The lowest BCUT2D eigenvalue weighted by Crippen LogP contribution is -2.11. The Morgan fingerprint density at radius 2 is 2.10 bits per heavy atom. The molecule has 1 N–H and O–H groups in total. The van der Waals surface area contributed by atoms with Crippen molar-refractivity contribution in [1.82, 2.24) is 5.16 Å². The minimum atomic E-state index is -0.0770. The van der Waals surface area contributed by atoms with E-state index in [2.05, 4.69) is 10.5 Å². The minimum absolute atomic E-state index is 0.0770. The van der Waals surface area contributed by atoms with Crippen LogP contribution in [0.1, 0.15) is 12.0 Å². The molecular formula is C16H14N2O2S. The number of hydrogen-bond acceptors (Lipinski definition) is 4. The number of nitrogens with one attached hydrogen (secondary N) is 1. The molecule has 0 fully saturated rings. The summed E-state index contributed by atoms with van der Waals surface area (Å²) in [5.74, 6) is 0.307. The van der Waals surface area contributed by atoms with Crippen LogP contribution < -0.4 is 5.32 Å². The topological polar surface area (TPSA) is 55.1 Å². The molecule has 3 rings (SSSR count). The second-order valence-electron chi connectivity index (χ2n) is 4.62. The normalized spacial score (nSPS) is 10.5. The molecule has 0 aliphatic heterocycles.